The number of para-hydroxylation sites is 1. The van der Waals surface area contributed by atoms with Crippen LogP contribution in [0.2, 0.25) is 10.0 Å². The van der Waals surface area contributed by atoms with E-state index in [1.165, 1.54) is 0 Å². The minimum absolute atomic E-state index is 0.0282. The number of halogens is 2. The molecule has 0 aromatic heterocycles. The summed E-state index contributed by atoms with van der Waals surface area (Å²) in [5.74, 6) is -0.0282. The van der Waals surface area contributed by atoms with Gasteiger partial charge in [-0.2, -0.15) is 0 Å². The molecule has 0 radical (unpaired) electrons. The second kappa shape index (κ2) is 9.16. The largest absolute Gasteiger partial charge is 0.351 e. The molecule has 0 fully saturated rings. The predicted molar refractivity (Wildman–Crippen MR) is 124 cm³/mol. The van der Waals surface area contributed by atoms with E-state index in [2.05, 4.69) is 5.32 Å². The molecule has 0 saturated carbocycles. The molecule has 1 unspecified atom stereocenters. The zero-order valence-corrected chi connectivity index (χ0v) is 18.9. The van der Waals surface area contributed by atoms with Gasteiger partial charge in [-0.1, -0.05) is 47.5 Å². The number of benzene rings is 2. The number of nitrogens with one attached hydrogen (secondary N) is 1. The standard InChI is InChI=1S/C22H23Cl2N3OS/c1-4-26(5-2)21(28)19-14(3)27(16-9-7-6-8-10-16)22(29)25-20(19)15-11-12-17(23)18(24)13-15/h6-13,20H,4-5H2,1-3H3,(H,25,29). The second-order valence-corrected chi connectivity index (χ2v) is 7.90. The number of carbonyl (C=O) groups excluding carboxylic acids is 1. The van der Waals surface area contributed by atoms with Gasteiger partial charge in [-0.05, 0) is 62.8 Å². The van der Waals surface area contributed by atoms with Crippen LogP contribution in [0.15, 0.2) is 59.8 Å². The van der Waals surface area contributed by atoms with Crippen LogP contribution in [0.25, 0.3) is 0 Å². The molecule has 2 aromatic carbocycles. The smallest absolute Gasteiger partial charge is 0.253 e. The zero-order valence-electron chi connectivity index (χ0n) is 16.6. The van der Waals surface area contributed by atoms with Gasteiger partial charge in [0.05, 0.1) is 21.7 Å². The molecule has 0 bridgehead atoms. The van der Waals surface area contributed by atoms with Crippen molar-refractivity contribution in [2.24, 2.45) is 0 Å². The Labute approximate surface area is 187 Å². The van der Waals surface area contributed by atoms with Gasteiger partial charge in [0.15, 0.2) is 5.11 Å². The molecule has 1 heterocycles. The van der Waals surface area contributed by atoms with Crippen molar-refractivity contribution >= 4 is 52.1 Å². The van der Waals surface area contributed by atoms with Crippen molar-refractivity contribution in [3.05, 3.63) is 75.4 Å². The lowest BCUT2D eigenvalue weighted by molar-refractivity contribution is -0.127. The molecule has 152 valence electrons. The first-order valence-corrected chi connectivity index (χ1v) is 10.7. The highest BCUT2D eigenvalue weighted by atomic mass is 35.5. The number of hydrogen-bond acceptors (Lipinski definition) is 2. The van der Waals surface area contributed by atoms with Gasteiger partial charge >= 0.3 is 0 Å². The Hall–Kier alpha value is -2.08. The summed E-state index contributed by atoms with van der Waals surface area (Å²) in [6.45, 7) is 7.12. The number of carbonyl (C=O) groups is 1. The van der Waals surface area contributed by atoms with Gasteiger partial charge < -0.3 is 10.2 Å². The number of nitrogens with zero attached hydrogens (tertiary/aromatic N) is 2. The number of allylic oxidation sites excluding steroid dienone is 1. The molecule has 7 heteroatoms. The summed E-state index contributed by atoms with van der Waals surface area (Å²) in [7, 11) is 0. The van der Waals surface area contributed by atoms with Crippen molar-refractivity contribution in [3.8, 4) is 0 Å². The highest BCUT2D eigenvalue weighted by molar-refractivity contribution is 7.80. The molecular formula is C22H23Cl2N3OS. The lowest BCUT2D eigenvalue weighted by Crippen LogP contribution is -2.50. The van der Waals surface area contributed by atoms with E-state index >= 15 is 0 Å². The number of anilines is 1. The van der Waals surface area contributed by atoms with Gasteiger partial charge in [-0.25, -0.2) is 0 Å². The average Bonchev–Trinajstić information content (AvgIpc) is 2.71. The molecule has 1 aliphatic heterocycles. The van der Waals surface area contributed by atoms with Gasteiger partial charge in [0.25, 0.3) is 5.91 Å². The van der Waals surface area contributed by atoms with Crippen LogP contribution < -0.4 is 10.2 Å². The first-order valence-electron chi connectivity index (χ1n) is 9.49. The lowest BCUT2D eigenvalue weighted by atomic mass is 9.93. The first kappa shape index (κ1) is 21.6. The lowest BCUT2D eigenvalue weighted by Gasteiger charge is -2.39. The average molecular weight is 448 g/mol. The molecule has 0 spiro atoms. The molecule has 1 amide bonds. The maximum atomic E-state index is 13.5. The Balaban J connectivity index is 2.17. The van der Waals surface area contributed by atoms with E-state index in [1.807, 2.05) is 67.0 Å². The molecule has 0 saturated heterocycles. The molecule has 29 heavy (non-hydrogen) atoms. The molecular weight excluding hydrogens is 425 g/mol. The van der Waals surface area contributed by atoms with Gasteiger partial charge in [-0.3, -0.25) is 9.69 Å². The van der Waals surface area contributed by atoms with Crippen LogP contribution in [-0.2, 0) is 4.79 Å². The number of thiocarbonyl (C=S) groups is 1. The number of likely N-dealkylation sites (N-methyl/N-ethyl adjacent to an activating group) is 1. The Morgan fingerprint density at radius 2 is 1.76 bits per heavy atom. The molecule has 3 rings (SSSR count). The van der Waals surface area contributed by atoms with Crippen molar-refractivity contribution in [1.29, 1.82) is 0 Å². The van der Waals surface area contributed by atoms with Crippen LogP contribution in [0.3, 0.4) is 0 Å². The summed E-state index contributed by atoms with van der Waals surface area (Å²) in [6, 6.07) is 14.8. The van der Waals surface area contributed by atoms with Crippen molar-refractivity contribution in [1.82, 2.24) is 10.2 Å². The van der Waals surface area contributed by atoms with Gasteiger partial charge in [0, 0.05) is 24.5 Å². The molecule has 1 aliphatic rings. The fraction of sp³-hybridized carbons (Fsp3) is 0.273. The quantitative estimate of drug-likeness (QED) is 0.607. The molecule has 4 nitrogen and oxygen atoms in total. The van der Waals surface area contributed by atoms with E-state index in [0.717, 1.165) is 16.9 Å². The van der Waals surface area contributed by atoms with Crippen molar-refractivity contribution in [2.45, 2.75) is 26.8 Å². The summed E-state index contributed by atoms with van der Waals surface area (Å²) in [6.07, 6.45) is 0. The summed E-state index contributed by atoms with van der Waals surface area (Å²) < 4.78 is 0. The third kappa shape index (κ3) is 4.27. The second-order valence-electron chi connectivity index (χ2n) is 6.70. The number of hydrogen-bond donors (Lipinski definition) is 1. The van der Waals surface area contributed by atoms with Crippen LogP contribution in [0, 0.1) is 0 Å². The van der Waals surface area contributed by atoms with E-state index < -0.39 is 6.04 Å². The number of rotatable bonds is 5. The molecule has 1 atom stereocenters. The highest BCUT2D eigenvalue weighted by Gasteiger charge is 2.36. The van der Waals surface area contributed by atoms with Crippen LogP contribution >= 0.6 is 35.4 Å². The summed E-state index contributed by atoms with van der Waals surface area (Å²) >= 11 is 18.0. The van der Waals surface area contributed by atoms with Gasteiger partial charge in [-0.15, -0.1) is 0 Å². The van der Waals surface area contributed by atoms with Crippen LogP contribution in [0.1, 0.15) is 32.4 Å². The van der Waals surface area contributed by atoms with Gasteiger partial charge in [0.1, 0.15) is 0 Å². The van der Waals surface area contributed by atoms with Crippen LogP contribution in [-0.4, -0.2) is 29.0 Å². The third-order valence-electron chi connectivity index (χ3n) is 5.06. The van der Waals surface area contributed by atoms with E-state index in [1.54, 1.807) is 12.1 Å². The monoisotopic (exact) mass is 447 g/mol. The van der Waals surface area contributed by atoms with Crippen LogP contribution in [0.4, 0.5) is 5.69 Å². The Morgan fingerprint density at radius 3 is 2.34 bits per heavy atom. The minimum atomic E-state index is -0.412. The maximum Gasteiger partial charge on any atom is 0.253 e. The fourth-order valence-electron chi connectivity index (χ4n) is 3.53. The van der Waals surface area contributed by atoms with Crippen molar-refractivity contribution in [3.63, 3.8) is 0 Å². The van der Waals surface area contributed by atoms with E-state index in [9.17, 15) is 4.79 Å². The van der Waals surface area contributed by atoms with Crippen molar-refractivity contribution in [2.75, 3.05) is 18.0 Å². The normalized spacial score (nSPS) is 16.7. The molecule has 1 N–H and O–H groups in total. The van der Waals surface area contributed by atoms with Crippen molar-refractivity contribution < 1.29 is 4.79 Å². The van der Waals surface area contributed by atoms with E-state index in [-0.39, 0.29) is 5.91 Å². The SMILES string of the molecule is CCN(CC)C(=O)C1=C(C)N(c2ccccc2)C(=S)NC1c1ccc(Cl)c(Cl)c1. The van der Waals surface area contributed by atoms with E-state index in [4.69, 9.17) is 35.4 Å². The maximum absolute atomic E-state index is 13.5. The predicted octanol–water partition coefficient (Wildman–Crippen LogP) is 5.57. The summed E-state index contributed by atoms with van der Waals surface area (Å²) in [5, 5.41) is 4.78. The third-order valence-corrected chi connectivity index (χ3v) is 6.10. The minimum Gasteiger partial charge on any atom is -0.351 e. The number of amides is 1. The summed E-state index contributed by atoms with van der Waals surface area (Å²) in [5.41, 5.74) is 3.18. The highest BCUT2D eigenvalue weighted by Crippen LogP contribution is 2.36. The Morgan fingerprint density at radius 1 is 1.10 bits per heavy atom. The molecule has 0 aliphatic carbocycles. The summed E-state index contributed by atoms with van der Waals surface area (Å²) in [4.78, 5) is 17.2. The zero-order chi connectivity index (χ0) is 21.1. The Bertz CT molecular complexity index is 958. The molecule has 2 aromatic rings. The topological polar surface area (TPSA) is 35.6 Å². The Kier molecular flexibility index (Phi) is 6.83. The first-order chi connectivity index (χ1) is 13.9. The van der Waals surface area contributed by atoms with E-state index in [0.29, 0.717) is 33.8 Å². The van der Waals surface area contributed by atoms with Gasteiger partial charge in [0.2, 0.25) is 0 Å². The fourth-order valence-corrected chi connectivity index (χ4v) is 4.20. The van der Waals surface area contributed by atoms with Crippen LogP contribution in [0.5, 0.6) is 0 Å².